The molecule has 19 heavy (non-hydrogen) atoms. The number of halogens is 2. The number of hydrogen-bond donors (Lipinski definition) is 1. The Bertz CT molecular complexity index is 588. The van der Waals surface area contributed by atoms with Gasteiger partial charge in [0, 0.05) is 18.7 Å². The third-order valence-electron chi connectivity index (χ3n) is 2.52. The van der Waals surface area contributed by atoms with E-state index in [4.69, 9.17) is 0 Å². The van der Waals surface area contributed by atoms with Gasteiger partial charge in [-0.3, -0.25) is 10.1 Å². The lowest BCUT2D eigenvalue weighted by atomic mass is 10.2. The van der Waals surface area contributed by atoms with Crippen LogP contribution in [0.25, 0.3) is 0 Å². The van der Waals surface area contributed by atoms with Crippen molar-refractivity contribution in [3.63, 3.8) is 0 Å². The van der Waals surface area contributed by atoms with Gasteiger partial charge in [-0.2, -0.15) is 15.7 Å². The molecule has 0 aliphatic heterocycles. The topological polar surface area (TPSA) is 55.2 Å². The molecule has 0 radical (unpaired) electrons. The van der Waals surface area contributed by atoms with E-state index in [1.54, 1.807) is 11.3 Å². The van der Waals surface area contributed by atoms with E-state index in [9.17, 15) is 18.9 Å². The van der Waals surface area contributed by atoms with Crippen LogP contribution in [0.5, 0.6) is 0 Å². The van der Waals surface area contributed by atoms with Crippen molar-refractivity contribution >= 4 is 22.7 Å². The minimum Gasteiger partial charge on any atom is -0.379 e. The lowest BCUT2D eigenvalue weighted by molar-refractivity contribution is -0.386. The normalized spacial score (nSPS) is 10.4. The molecule has 1 aromatic heterocycles. The van der Waals surface area contributed by atoms with Crippen LogP contribution >= 0.6 is 11.3 Å². The summed E-state index contributed by atoms with van der Waals surface area (Å²) in [7, 11) is 0. The Hall–Kier alpha value is -2.02. The Kier molecular flexibility index (Phi) is 4.06. The van der Waals surface area contributed by atoms with Crippen LogP contribution in [0.2, 0.25) is 0 Å². The molecule has 0 fully saturated rings. The number of hydrogen-bond acceptors (Lipinski definition) is 4. The molecule has 0 aliphatic rings. The third-order valence-corrected chi connectivity index (χ3v) is 3.25. The number of anilines is 1. The largest absolute Gasteiger partial charge is 0.379 e. The molecule has 1 aromatic carbocycles. The van der Waals surface area contributed by atoms with E-state index in [2.05, 4.69) is 5.32 Å². The first-order valence-corrected chi connectivity index (χ1v) is 6.40. The van der Waals surface area contributed by atoms with E-state index in [0.29, 0.717) is 19.0 Å². The second-order valence-electron chi connectivity index (χ2n) is 3.85. The maximum Gasteiger partial charge on any atom is 0.327 e. The Morgan fingerprint density at radius 1 is 1.37 bits per heavy atom. The van der Waals surface area contributed by atoms with Crippen LogP contribution in [-0.4, -0.2) is 11.5 Å². The third kappa shape index (κ3) is 3.25. The van der Waals surface area contributed by atoms with Gasteiger partial charge in [0.1, 0.15) is 11.5 Å². The summed E-state index contributed by atoms with van der Waals surface area (Å²) in [5.41, 5.74) is 0.196. The fraction of sp³-hybridized carbons (Fsp3) is 0.167. The van der Waals surface area contributed by atoms with Crippen molar-refractivity contribution in [3.8, 4) is 0 Å². The zero-order valence-electron chi connectivity index (χ0n) is 9.73. The Labute approximate surface area is 111 Å². The highest BCUT2D eigenvalue weighted by atomic mass is 32.1. The van der Waals surface area contributed by atoms with Crippen molar-refractivity contribution in [1.29, 1.82) is 0 Å². The van der Waals surface area contributed by atoms with Crippen molar-refractivity contribution in [1.82, 2.24) is 0 Å². The lowest BCUT2D eigenvalue weighted by Gasteiger charge is -2.07. The fourth-order valence-corrected chi connectivity index (χ4v) is 2.37. The van der Waals surface area contributed by atoms with Crippen molar-refractivity contribution in [2.75, 3.05) is 11.9 Å². The predicted octanol–water partition coefficient (Wildman–Crippen LogP) is 3.59. The number of nitrogens with zero attached hydrogens (tertiary/aromatic N) is 1. The number of nitro groups is 1. The first-order chi connectivity index (χ1) is 9.08. The molecule has 0 bridgehead atoms. The van der Waals surface area contributed by atoms with Crippen molar-refractivity contribution in [2.24, 2.45) is 0 Å². The molecule has 0 aliphatic carbocycles. The van der Waals surface area contributed by atoms with E-state index in [0.717, 1.165) is 11.6 Å². The molecular weight excluding hydrogens is 274 g/mol. The molecule has 0 amide bonds. The van der Waals surface area contributed by atoms with Gasteiger partial charge in [-0.05, 0) is 28.8 Å². The number of rotatable bonds is 5. The second-order valence-corrected chi connectivity index (χ2v) is 4.63. The van der Waals surface area contributed by atoms with Crippen molar-refractivity contribution in [3.05, 3.63) is 56.3 Å². The minimum absolute atomic E-state index is 0.141. The van der Waals surface area contributed by atoms with Gasteiger partial charge in [0.05, 0.1) is 4.92 Å². The first-order valence-electron chi connectivity index (χ1n) is 5.46. The van der Waals surface area contributed by atoms with Crippen LogP contribution in [0.3, 0.4) is 0 Å². The zero-order chi connectivity index (χ0) is 13.8. The predicted molar refractivity (Wildman–Crippen MR) is 69.5 cm³/mol. The van der Waals surface area contributed by atoms with Crippen LogP contribution in [0.4, 0.5) is 20.2 Å². The van der Waals surface area contributed by atoms with Crippen LogP contribution in [0.1, 0.15) is 5.56 Å². The molecule has 7 heteroatoms. The monoisotopic (exact) mass is 284 g/mol. The summed E-state index contributed by atoms with van der Waals surface area (Å²) in [6.07, 6.45) is 0.624. The highest BCUT2D eigenvalue weighted by molar-refractivity contribution is 7.07. The maximum atomic E-state index is 13.3. The van der Waals surface area contributed by atoms with Gasteiger partial charge < -0.3 is 5.32 Å². The SMILES string of the molecule is O=[N+]([O-])c1c(F)cc(F)cc1NCCc1ccsc1. The highest BCUT2D eigenvalue weighted by Crippen LogP contribution is 2.28. The molecule has 0 unspecified atom stereocenters. The highest BCUT2D eigenvalue weighted by Gasteiger charge is 2.21. The standard InChI is InChI=1S/C12H10F2N2O2S/c13-9-5-10(14)12(16(17)18)11(6-9)15-3-1-8-2-4-19-7-8/h2,4-7,15H,1,3H2. The summed E-state index contributed by atoms with van der Waals surface area (Å²) in [5.74, 6) is -2.02. The van der Waals surface area contributed by atoms with E-state index in [-0.39, 0.29) is 5.69 Å². The summed E-state index contributed by atoms with van der Waals surface area (Å²) < 4.78 is 26.4. The molecule has 0 saturated heterocycles. The summed E-state index contributed by atoms with van der Waals surface area (Å²) >= 11 is 1.54. The fourth-order valence-electron chi connectivity index (χ4n) is 1.66. The molecule has 100 valence electrons. The molecule has 0 saturated carbocycles. The van der Waals surface area contributed by atoms with Crippen molar-refractivity contribution < 1.29 is 13.7 Å². The second kappa shape index (κ2) is 5.75. The molecular formula is C12H10F2N2O2S. The number of benzene rings is 1. The minimum atomic E-state index is -1.18. The lowest BCUT2D eigenvalue weighted by Crippen LogP contribution is -2.08. The quantitative estimate of drug-likeness (QED) is 0.674. The molecule has 4 nitrogen and oxygen atoms in total. The van der Waals surface area contributed by atoms with Gasteiger partial charge in [0.15, 0.2) is 0 Å². The van der Waals surface area contributed by atoms with E-state index >= 15 is 0 Å². The molecule has 1 heterocycles. The molecule has 1 N–H and O–H groups in total. The van der Waals surface area contributed by atoms with E-state index in [1.165, 1.54) is 0 Å². The van der Waals surface area contributed by atoms with Crippen LogP contribution in [0.15, 0.2) is 29.0 Å². The summed E-state index contributed by atoms with van der Waals surface area (Å²) in [4.78, 5) is 9.89. The van der Waals surface area contributed by atoms with Gasteiger partial charge in [0.2, 0.25) is 5.82 Å². The van der Waals surface area contributed by atoms with Gasteiger partial charge in [-0.1, -0.05) is 0 Å². The average Bonchev–Trinajstić information content (AvgIpc) is 2.80. The Balaban J connectivity index is 2.12. The number of nitro benzene ring substituents is 1. The zero-order valence-corrected chi connectivity index (χ0v) is 10.5. The van der Waals surface area contributed by atoms with Gasteiger partial charge in [-0.25, -0.2) is 4.39 Å². The molecule has 0 atom stereocenters. The van der Waals surface area contributed by atoms with Gasteiger partial charge in [0.25, 0.3) is 0 Å². The van der Waals surface area contributed by atoms with E-state index < -0.39 is 22.2 Å². The number of thiophene rings is 1. The molecule has 2 aromatic rings. The van der Waals surface area contributed by atoms with Crippen LogP contribution in [-0.2, 0) is 6.42 Å². The van der Waals surface area contributed by atoms with Crippen LogP contribution in [0, 0.1) is 21.7 Å². The average molecular weight is 284 g/mol. The Morgan fingerprint density at radius 2 is 2.16 bits per heavy atom. The summed E-state index contributed by atoms with van der Waals surface area (Å²) in [6, 6.07) is 3.35. The number of nitrogens with one attached hydrogen (secondary N) is 1. The van der Waals surface area contributed by atoms with E-state index in [1.807, 2.05) is 16.8 Å². The van der Waals surface area contributed by atoms with Crippen LogP contribution < -0.4 is 5.32 Å². The van der Waals surface area contributed by atoms with Gasteiger partial charge >= 0.3 is 5.69 Å². The van der Waals surface area contributed by atoms with Crippen molar-refractivity contribution in [2.45, 2.75) is 6.42 Å². The maximum absolute atomic E-state index is 13.3. The molecule has 2 rings (SSSR count). The first kappa shape index (κ1) is 13.4. The summed E-state index contributed by atoms with van der Waals surface area (Å²) in [5, 5.41) is 17.3. The van der Waals surface area contributed by atoms with Gasteiger partial charge in [-0.15, -0.1) is 0 Å². The molecule has 0 spiro atoms. The summed E-state index contributed by atoms with van der Waals surface area (Å²) in [6.45, 7) is 0.362. The Morgan fingerprint density at radius 3 is 2.79 bits per heavy atom. The smallest absolute Gasteiger partial charge is 0.327 e.